The lowest BCUT2D eigenvalue weighted by Crippen LogP contribution is -2.21. The van der Waals surface area contributed by atoms with Crippen LogP contribution in [0.3, 0.4) is 0 Å². The number of nitrogens with zero attached hydrogens (tertiary/aromatic N) is 3. The topological polar surface area (TPSA) is 11.4 Å². The Labute approximate surface area is 174 Å². The van der Waals surface area contributed by atoms with Crippen molar-refractivity contribution < 1.29 is 0 Å². The molecule has 0 bridgehead atoms. The Hall–Kier alpha value is -2.68. The number of hydrogen-bond acceptors (Lipinski definition) is 2. The van der Waals surface area contributed by atoms with Gasteiger partial charge >= 0.3 is 0 Å². The molecule has 3 aromatic carbocycles. The fraction of sp³-hybridized carbons (Fsp3) is 0.385. The Morgan fingerprint density at radius 3 is 1.79 bits per heavy atom. The first-order chi connectivity index (χ1) is 14.1. The number of rotatable bonds is 7. The van der Waals surface area contributed by atoms with Crippen molar-refractivity contribution in [3.8, 4) is 0 Å². The Morgan fingerprint density at radius 2 is 1.17 bits per heavy atom. The number of anilines is 2. The highest BCUT2D eigenvalue weighted by atomic mass is 15.1. The van der Waals surface area contributed by atoms with Gasteiger partial charge in [0.25, 0.3) is 0 Å². The van der Waals surface area contributed by atoms with Crippen molar-refractivity contribution in [1.29, 1.82) is 0 Å². The van der Waals surface area contributed by atoms with E-state index < -0.39 is 0 Å². The van der Waals surface area contributed by atoms with Crippen molar-refractivity contribution in [3.05, 3.63) is 48.5 Å². The molecule has 0 aliphatic carbocycles. The van der Waals surface area contributed by atoms with E-state index in [1.807, 2.05) is 0 Å². The highest BCUT2D eigenvalue weighted by Crippen LogP contribution is 2.35. The van der Waals surface area contributed by atoms with Crippen molar-refractivity contribution in [3.63, 3.8) is 0 Å². The molecule has 0 radical (unpaired) electrons. The zero-order chi connectivity index (χ0) is 20.5. The van der Waals surface area contributed by atoms with Gasteiger partial charge in [0.05, 0.1) is 5.52 Å². The standard InChI is InChI=1S/C26H33N3/c1-6-27(7-2)21-12-11-19-16-24-23-14-13-22(28(8-3)9-4)18-26(23)29(10-5)25(24)17-20(19)15-21/h11-18H,6-10H2,1-5H3. The largest absolute Gasteiger partial charge is 0.372 e. The van der Waals surface area contributed by atoms with Gasteiger partial charge < -0.3 is 14.4 Å². The van der Waals surface area contributed by atoms with Gasteiger partial charge in [0.15, 0.2) is 0 Å². The molecule has 0 aliphatic rings. The molecule has 0 amide bonds. The van der Waals surface area contributed by atoms with Gasteiger partial charge in [-0.2, -0.15) is 0 Å². The maximum atomic E-state index is 2.47. The maximum Gasteiger partial charge on any atom is 0.0512 e. The van der Waals surface area contributed by atoms with Crippen molar-refractivity contribution >= 4 is 44.0 Å². The fourth-order valence-corrected chi connectivity index (χ4v) is 4.72. The van der Waals surface area contributed by atoms with Crippen LogP contribution in [-0.4, -0.2) is 30.7 Å². The normalized spacial score (nSPS) is 11.6. The molecule has 1 aromatic heterocycles. The predicted octanol–water partition coefficient (Wildman–Crippen LogP) is 6.66. The summed E-state index contributed by atoms with van der Waals surface area (Å²) in [5, 5.41) is 5.35. The molecule has 0 saturated heterocycles. The van der Waals surface area contributed by atoms with E-state index in [4.69, 9.17) is 0 Å². The Bertz CT molecular complexity index is 1150. The molecule has 29 heavy (non-hydrogen) atoms. The van der Waals surface area contributed by atoms with Crippen LogP contribution >= 0.6 is 0 Å². The first-order valence-electron chi connectivity index (χ1n) is 11.1. The zero-order valence-electron chi connectivity index (χ0n) is 18.5. The van der Waals surface area contributed by atoms with Gasteiger partial charge in [0, 0.05) is 60.4 Å². The molecule has 0 unspecified atom stereocenters. The molecule has 4 rings (SSSR count). The van der Waals surface area contributed by atoms with Crippen LogP contribution < -0.4 is 9.80 Å². The highest BCUT2D eigenvalue weighted by Gasteiger charge is 2.13. The molecule has 3 heteroatoms. The van der Waals surface area contributed by atoms with Crippen molar-refractivity contribution in [2.45, 2.75) is 41.2 Å². The van der Waals surface area contributed by atoms with Crippen molar-refractivity contribution in [2.75, 3.05) is 36.0 Å². The third kappa shape index (κ3) is 3.23. The van der Waals surface area contributed by atoms with Gasteiger partial charge in [-0.15, -0.1) is 0 Å². The number of aryl methyl sites for hydroxylation is 1. The number of aromatic nitrogens is 1. The number of hydrogen-bond donors (Lipinski definition) is 0. The first kappa shape index (κ1) is 19.6. The van der Waals surface area contributed by atoms with Gasteiger partial charge in [0.2, 0.25) is 0 Å². The van der Waals surface area contributed by atoms with E-state index in [1.165, 1.54) is 44.0 Å². The van der Waals surface area contributed by atoms with Crippen molar-refractivity contribution in [2.24, 2.45) is 0 Å². The van der Waals surface area contributed by atoms with Gasteiger partial charge in [0.1, 0.15) is 0 Å². The molecule has 152 valence electrons. The molecule has 0 saturated carbocycles. The zero-order valence-corrected chi connectivity index (χ0v) is 18.5. The number of fused-ring (bicyclic) bond motifs is 4. The molecule has 0 N–H and O–H groups in total. The van der Waals surface area contributed by atoms with E-state index in [-0.39, 0.29) is 0 Å². The molecule has 0 spiro atoms. The average Bonchev–Trinajstić information content (AvgIpc) is 3.05. The third-order valence-electron chi connectivity index (χ3n) is 6.36. The van der Waals surface area contributed by atoms with Crippen LogP contribution in [0.1, 0.15) is 34.6 Å². The summed E-state index contributed by atoms with van der Waals surface area (Å²) in [5.74, 6) is 0. The van der Waals surface area contributed by atoms with Crippen LogP contribution in [0, 0.1) is 0 Å². The van der Waals surface area contributed by atoms with Gasteiger partial charge in [-0.25, -0.2) is 0 Å². The minimum absolute atomic E-state index is 0.975. The summed E-state index contributed by atoms with van der Waals surface area (Å²) in [6, 6.07) is 18.6. The van der Waals surface area contributed by atoms with Gasteiger partial charge in [-0.3, -0.25) is 0 Å². The first-order valence-corrected chi connectivity index (χ1v) is 11.1. The van der Waals surface area contributed by atoms with Crippen LogP contribution in [0.2, 0.25) is 0 Å². The fourth-order valence-electron chi connectivity index (χ4n) is 4.72. The minimum Gasteiger partial charge on any atom is -0.372 e. The molecule has 3 nitrogen and oxygen atoms in total. The predicted molar refractivity (Wildman–Crippen MR) is 130 cm³/mol. The highest BCUT2D eigenvalue weighted by molar-refractivity contribution is 6.13. The summed E-state index contributed by atoms with van der Waals surface area (Å²) in [7, 11) is 0. The van der Waals surface area contributed by atoms with Crippen LogP contribution in [-0.2, 0) is 6.54 Å². The quantitative estimate of drug-likeness (QED) is 0.351. The smallest absolute Gasteiger partial charge is 0.0512 e. The summed E-state index contributed by atoms with van der Waals surface area (Å²) in [4.78, 5) is 4.83. The maximum absolute atomic E-state index is 2.47. The second-order valence-corrected chi connectivity index (χ2v) is 7.69. The summed E-state index contributed by atoms with van der Waals surface area (Å²) in [6.45, 7) is 16.3. The van der Waals surface area contributed by atoms with E-state index in [1.54, 1.807) is 0 Å². The summed E-state index contributed by atoms with van der Waals surface area (Å²) >= 11 is 0. The lowest BCUT2D eigenvalue weighted by molar-refractivity contribution is 0.825. The summed E-state index contributed by atoms with van der Waals surface area (Å²) in [5.41, 5.74) is 5.30. The van der Waals surface area contributed by atoms with Crippen LogP contribution in [0.15, 0.2) is 48.5 Å². The minimum atomic E-state index is 0.975. The van der Waals surface area contributed by atoms with E-state index in [2.05, 4.69) is 97.5 Å². The van der Waals surface area contributed by atoms with E-state index in [0.717, 1.165) is 32.7 Å². The molecule has 0 aliphatic heterocycles. The second kappa shape index (κ2) is 7.98. The van der Waals surface area contributed by atoms with Crippen molar-refractivity contribution in [1.82, 2.24) is 4.57 Å². The van der Waals surface area contributed by atoms with E-state index in [9.17, 15) is 0 Å². The molecule has 1 heterocycles. The van der Waals surface area contributed by atoms with E-state index >= 15 is 0 Å². The monoisotopic (exact) mass is 387 g/mol. The van der Waals surface area contributed by atoms with E-state index in [0.29, 0.717) is 0 Å². The Balaban J connectivity index is 1.96. The number of benzene rings is 3. The molecular weight excluding hydrogens is 354 g/mol. The lowest BCUT2D eigenvalue weighted by Gasteiger charge is -2.21. The lowest BCUT2D eigenvalue weighted by atomic mass is 10.0. The van der Waals surface area contributed by atoms with Crippen LogP contribution in [0.25, 0.3) is 32.6 Å². The third-order valence-corrected chi connectivity index (χ3v) is 6.36. The molecule has 4 aromatic rings. The van der Waals surface area contributed by atoms with Gasteiger partial charge in [-0.1, -0.05) is 12.1 Å². The average molecular weight is 388 g/mol. The van der Waals surface area contributed by atoms with Crippen LogP contribution in [0.4, 0.5) is 11.4 Å². The molecule has 0 atom stereocenters. The molecular formula is C26H33N3. The van der Waals surface area contributed by atoms with Crippen LogP contribution in [0.5, 0.6) is 0 Å². The molecule has 0 fully saturated rings. The SMILES string of the molecule is CCN(CC)c1ccc2cc3c4ccc(N(CC)CC)cc4n(CC)c3cc2c1. The Morgan fingerprint density at radius 1 is 0.586 bits per heavy atom. The Kier molecular flexibility index (Phi) is 5.40. The second-order valence-electron chi connectivity index (χ2n) is 7.69. The summed E-state index contributed by atoms with van der Waals surface area (Å²) in [6.07, 6.45) is 0. The summed E-state index contributed by atoms with van der Waals surface area (Å²) < 4.78 is 2.47. The van der Waals surface area contributed by atoms with Gasteiger partial charge in [-0.05, 0) is 81.8 Å².